The van der Waals surface area contributed by atoms with Crippen molar-refractivity contribution in [3.63, 3.8) is 0 Å². The van der Waals surface area contributed by atoms with Crippen molar-refractivity contribution in [2.75, 3.05) is 18.9 Å². The van der Waals surface area contributed by atoms with E-state index in [9.17, 15) is 4.79 Å². The molecule has 1 aromatic carbocycles. The highest BCUT2D eigenvalue weighted by Gasteiger charge is 2.19. The summed E-state index contributed by atoms with van der Waals surface area (Å²) >= 11 is 0. The van der Waals surface area contributed by atoms with Gasteiger partial charge < -0.3 is 15.4 Å². The Bertz CT molecular complexity index is 482. The van der Waals surface area contributed by atoms with Gasteiger partial charge in [0.05, 0.1) is 12.7 Å². The van der Waals surface area contributed by atoms with E-state index in [1.807, 2.05) is 25.2 Å². The molecule has 1 saturated carbocycles. The minimum absolute atomic E-state index is 0. The third kappa shape index (κ3) is 7.34. The highest BCUT2D eigenvalue weighted by molar-refractivity contribution is 5.90. The van der Waals surface area contributed by atoms with Crippen LogP contribution in [0.4, 0.5) is 5.69 Å². The molecule has 1 fully saturated rings. The van der Waals surface area contributed by atoms with Crippen LogP contribution >= 0.6 is 12.4 Å². The number of nitrogens with one attached hydrogen (secondary N) is 2. The Morgan fingerprint density at radius 1 is 1.35 bits per heavy atom. The summed E-state index contributed by atoms with van der Waals surface area (Å²) in [4.78, 5) is 11.7. The minimum Gasteiger partial charge on any atom is -0.374 e. The van der Waals surface area contributed by atoms with Crippen LogP contribution in [0.1, 0.15) is 44.6 Å². The average Bonchev–Trinajstić information content (AvgIpc) is 2.51. The first kappa shape index (κ1) is 19.9. The van der Waals surface area contributed by atoms with E-state index < -0.39 is 0 Å². The van der Waals surface area contributed by atoms with E-state index in [0.29, 0.717) is 25.7 Å². The number of hydrogen-bond donors (Lipinski definition) is 2. The van der Waals surface area contributed by atoms with Gasteiger partial charge >= 0.3 is 0 Å². The zero-order chi connectivity index (χ0) is 15.8. The Morgan fingerprint density at radius 3 is 2.91 bits per heavy atom. The van der Waals surface area contributed by atoms with E-state index in [-0.39, 0.29) is 18.3 Å². The summed E-state index contributed by atoms with van der Waals surface area (Å²) in [5.41, 5.74) is 1.96. The van der Waals surface area contributed by atoms with E-state index in [1.54, 1.807) is 0 Å². The number of rotatable bonds is 7. The number of ether oxygens (including phenoxy) is 1. The predicted octanol–water partition coefficient (Wildman–Crippen LogP) is 3.75. The summed E-state index contributed by atoms with van der Waals surface area (Å²) < 4.78 is 6.04. The SMILES string of the molecule is CNCCC(=O)Nc1cccc(COC2CCCC(C)C2)c1.Cl. The summed E-state index contributed by atoms with van der Waals surface area (Å²) in [7, 11) is 1.84. The lowest BCUT2D eigenvalue weighted by Crippen LogP contribution is -2.21. The van der Waals surface area contributed by atoms with Gasteiger partial charge in [-0.05, 0) is 43.5 Å². The Hall–Kier alpha value is -1.10. The zero-order valence-electron chi connectivity index (χ0n) is 14.1. The molecular formula is C18H29ClN2O2. The normalized spacial score (nSPS) is 20.6. The Kier molecular flexibility index (Phi) is 9.22. The van der Waals surface area contributed by atoms with Crippen LogP contribution in [0.15, 0.2) is 24.3 Å². The molecule has 23 heavy (non-hydrogen) atoms. The first-order valence-electron chi connectivity index (χ1n) is 8.32. The summed E-state index contributed by atoms with van der Waals surface area (Å²) in [6.07, 6.45) is 5.81. The van der Waals surface area contributed by atoms with E-state index in [1.165, 1.54) is 25.7 Å². The van der Waals surface area contributed by atoms with Gasteiger partial charge in [-0.1, -0.05) is 31.9 Å². The van der Waals surface area contributed by atoms with Crippen LogP contribution in [-0.4, -0.2) is 25.6 Å². The lowest BCUT2D eigenvalue weighted by atomic mass is 9.89. The Balaban J connectivity index is 0.00000264. The third-order valence-electron chi connectivity index (χ3n) is 4.19. The predicted molar refractivity (Wildman–Crippen MR) is 97.1 cm³/mol. The molecule has 1 amide bonds. The first-order chi connectivity index (χ1) is 10.7. The van der Waals surface area contributed by atoms with Gasteiger partial charge in [-0.25, -0.2) is 0 Å². The molecule has 0 bridgehead atoms. The van der Waals surface area contributed by atoms with Gasteiger partial charge in [0.1, 0.15) is 0 Å². The maximum absolute atomic E-state index is 11.7. The fourth-order valence-electron chi connectivity index (χ4n) is 2.94. The van der Waals surface area contributed by atoms with Gasteiger partial charge in [0, 0.05) is 18.7 Å². The molecule has 0 aromatic heterocycles. The fraction of sp³-hybridized carbons (Fsp3) is 0.611. The summed E-state index contributed by atoms with van der Waals surface area (Å²) in [5, 5.41) is 5.90. The van der Waals surface area contributed by atoms with Crippen molar-refractivity contribution in [1.29, 1.82) is 0 Å². The molecule has 0 heterocycles. The van der Waals surface area contributed by atoms with Crippen molar-refractivity contribution >= 4 is 24.0 Å². The molecule has 1 aliphatic carbocycles. The molecule has 2 N–H and O–H groups in total. The van der Waals surface area contributed by atoms with Crippen LogP contribution < -0.4 is 10.6 Å². The molecule has 2 atom stereocenters. The molecule has 2 unspecified atom stereocenters. The smallest absolute Gasteiger partial charge is 0.225 e. The van der Waals surface area contributed by atoms with Crippen molar-refractivity contribution in [3.8, 4) is 0 Å². The summed E-state index contributed by atoms with van der Waals surface area (Å²) in [5.74, 6) is 0.810. The molecule has 0 aliphatic heterocycles. The Morgan fingerprint density at radius 2 is 2.17 bits per heavy atom. The topological polar surface area (TPSA) is 50.4 Å². The van der Waals surface area contributed by atoms with Crippen LogP contribution in [0.5, 0.6) is 0 Å². The average molecular weight is 341 g/mol. The fourth-order valence-corrected chi connectivity index (χ4v) is 2.94. The molecule has 4 nitrogen and oxygen atoms in total. The van der Waals surface area contributed by atoms with Crippen LogP contribution in [0.2, 0.25) is 0 Å². The molecule has 1 aliphatic rings. The standard InChI is InChI=1S/C18H28N2O2.ClH/c1-14-5-3-8-17(11-14)22-13-15-6-4-7-16(12-15)20-18(21)9-10-19-2;/h4,6-7,12,14,17,19H,3,5,8-11,13H2,1-2H3,(H,20,21);1H. The number of carbonyl (C=O) groups excluding carboxylic acids is 1. The maximum Gasteiger partial charge on any atom is 0.225 e. The van der Waals surface area contributed by atoms with Gasteiger partial charge in [-0.15, -0.1) is 12.4 Å². The second-order valence-electron chi connectivity index (χ2n) is 6.31. The largest absolute Gasteiger partial charge is 0.374 e. The molecule has 0 spiro atoms. The number of hydrogen-bond acceptors (Lipinski definition) is 3. The highest BCUT2D eigenvalue weighted by atomic mass is 35.5. The Labute approximate surface area is 145 Å². The van der Waals surface area contributed by atoms with Crippen molar-refractivity contribution in [2.45, 2.75) is 51.7 Å². The molecule has 0 saturated heterocycles. The molecular weight excluding hydrogens is 312 g/mol. The van der Waals surface area contributed by atoms with E-state index in [0.717, 1.165) is 17.2 Å². The van der Waals surface area contributed by atoms with Crippen LogP contribution in [0.3, 0.4) is 0 Å². The van der Waals surface area contributed by atoms with Gasteiger partial charge in [0.2, 0.25) is 5.91 Å². The maximum atomic E-state index is 11.7. The summed E-state index contributed by atoms with van der Waals surface area (Å²) in [6.45, 7) is 3.61. The minimum atomic E-state index is 0. The van der Waals surface area contributed by atoms with Crippen LogP contribution in [0, 0.1) is 5.92 Å². The van der Waals surface area contributed by atoms with Crippen molar-refractivity contribution in [3.05, 3.63) is 29.8 Å². The van der Waals surface area contributed by atoms with Gasteiger partial charge in [0.15, 0.2) is 0 Å². The van der Waals surface area contributed by atoms with Crippen molar-refractivity contribution < 1.29 is 9.53 Å². The third-order valence-corrected chi connectivity index (χ3v) is 4.19. The molecule has 5 heteroatoms. The van der Waals surface area contributed by atoms with E-state index in [4.69, 9.17) is 4.74 Å². The van der Waals surface area contributed by atoms with Crippen LogP contribution in [0.25, 0.3) is 0 Å². The van der Waals surface area contributed by atoms with E-state index in [2.05, 4.69) is 23.6 Å². The van der Waals surface area contributed by atoms with Gasteiger partial charge in [-0.2, -0.15) is 0 Å². The monoisotopic (exact) mass is 340 g/mol. The summed E-state index contributed by atoms with van der Waals surface area (Å²) in [6, 6.07) is 7.94. The van der Waals surface area contributed by atoms with Crippen molar-refractivity contribution in [1.82, 2.24) is 5.32 Å². The lowest BCUT2D eigenvalue weighted by Gasteiger charge is -2.26. The molecule has 1 aromatic rings. The quantitative estimate of drug-likeness (QED) is 0.794. The second kappa shape index (κ2) is 10.6. The zero-order valence-corrected chi connectivity index (χ0v) is 15.0. The van der Waals surface area contributed by atoms with Gasteiger partial charge in [0.25, 0.3) is 0 Å². The molecule has 130 valence electrons. The van der Waals surface area contributed by atoms with Crippen molar-refractivity contribution in [2.24, 2.45) is 5.92 Å². The number of halogens is 1. The number of benzene rings is 1. The first-order valence-corrected chi connectivity index (χ1v) is 8.32. The number of carbonyl (C=O) groups is 1. The van der Waals surface area contributed by atoms with Crippen LogP contribution in [-0.2, 0) is 16.1 Å². The molecule has 2 rings (SSSR count). The van der Waals surface area contributed by atoms with Gasteiger partial charge in [-0.3, -0.25) is 4.79 Å². The molecule has 0 radical (unpaired) electrons. The highest BCUT2D eigenvalue weighted by Crippen LogP contribution is 2.26. The second-order valence-corrected chi connectivity index (χ2v) is 6.31. The lowest BCUT2D eigenvalue weighted by molar-refractivity contribution is -0.116. The number of amides is 1. The number of anilines is 1. The van der Waals surface area contributed by atoms with E-state index >= 15 is 0 Å².